The van der Waals surface area contributed by atoms with Crippen molar-refractivity contribution in [1.29, 1.82) is 0 Å². The van der Waals surface area contributed by atoms with Crippen LogP contribution in [0.4, 0.5) is 4.39 Å². The van der Waals surface area contributed by atoms with E-state index < -0.39 is 0 Å². The maximum absolute atomic E-state index is 13.6. The van der Waals surface area contributed by atoms with Crippen molar-refractivity contribution < 1.29 is 9.50 Å². The van der Waals surface area contributed by atoms with Crippen molar-refractivity contribution in [3.05, 3.63) is 59.9 Å². The minimum Gasteiger partial charge on any atom is -0.392 e. The van der Waals surface area contributed by atoms with Gasteiger partial charge in [0.05, 0.1) is 6.61 Å². The van der Waals surface area contributed by atoms with Gasteiger partial charge >= 0.3 is 0 Å². The third kappa shape index (κ3) is 1.90. The van der Waals surface area contributed by atoms with Gasteiger partial charge in [-0.2, -0.15) is 0 Å². The van der Waals surface area contributed by atoms with Gasteiger partial charge in [-0.05, 0) is 17.2 Å². The zero-order valence-electron chi connectivity index (χ0n) is 8.15. The van der Waals surface area contributed by atoms with Crippen LogP contribution in [-0.4, -0.2) is 5.11 Å². The summed E-state index contributed by atoms with van der Waals surface area (Å²) in [6.45, 7) is -0.151. The highest BCUT2D eigenvalue weighted by molar-refractivity contribution is 5.67. The first-order chi connectivity index (χ1) is 7.33. The normalized spacial score (nSPS) is 10.3. The summed E-state index contributed by atoms with van der Waals surface area (Å²) in [6, 6.07) is 14.0. The van der Waals surface area contributed by atoms with Gasteiger partial charge in [-0.1, -0.05) is 42.5 Å². The molecule has 0 bridgehead atoms. The number of halogens is 1. The zero-order chi connectivity index (χ0) is 10.7. The molecule has 0 unspecified atom stereocenters. The Bertz CT molecular complexity index is 451. The molecule has 0 aliphatic heterocycles. The van der Waals surface area contributed by atoms with Crippen LogP contribution in [0.1, 0.15) is 5.56 Å². The second-order valence-corrected chi connectivity index (χ2v) is 3.30. The first-order valence-corrected chi connectivity index (χ1v) is 4.76. The van der Waals surface area contributed by atoms with Crippen LogP contribution in [0.25, 0.3) is 11.1 Å². The summed E-state index contributed by atoms with van der Waals surface area (Å²) < 4.78 is 13.6. The van der Waals surface area contributed by atoms with E-state index in [-0.39, 0.29) is 12.4 Å². The molecule has 0 saturated heterocycles. The first kappa shape index (κ1) is 9.87. The van der Waals surface area contributed by atoms with Gasteiger partial charge in [0.1, 0.15) is 5.82 Å². The molecule has 2 aromatic carbocycles. The fraction of sp³-hybridized carbons (Fsp3) is 0.0769. The Balaban J connectivity index is 2.61. The van der Waals surface area contributed by atoms with Crippen molar-refractivity contribution in [1.82, 2.24) is 0 Å². The van der Waals surface area contributed by atoms with E-state index in [4.69, 9.17) is 5.11 Å². The Labute approximate surface area is 87.8 Å². The van der Waals surface area contributed by atoms with E-state index in [1.165, 1.54) is 6.07 Å². The summed E-state index contributed by atoms with van der Waals surface area (Å²) >= 11 is 0. The van der Waals surface area contributed by atoms with Crippen LogP contribution in [0.3, 0.4) is 0 Å². The van der Waals surface area contributed by atoms with Crippen LogP contribution in [0.15, 0.2) is 48.5 Å². The smallest absolute Gasteiger partial charge is 0.131 e. The van der Waals surface area contributed by atoms with Gasteiger partial charge < -0.3 is 5.11 Å². The van der Waals surface area contributed by atoms with Crippen LogP contribution in [0.2, 0.25) is 0 Å². The van der Waals surface area contributed by atoms with E-state index in [1.54, 1.807) is 12.1 Å². The molecule has 0 aliphatic carbocycles. The Kier molecular flexibility index (Phi) is 2.79. The monoisotopic (exact) mass is 202 g/mol. The van der Waals surface area contributed by atoms with Crippen LogP contribution in [-0.2, 0) is 6.61 Å². The van der Waals surface area contributed by atoms with Crippen molar-refractivity contribution >= 4 is 0 Å². The molecule has 0 radical (unpaired) electrons. The lowest BCUT2D eigenvalue weighted by Gasteiger charge is -2.08. The molecule has 15 heavy (non-hydrogen) atoms. The molecule has 76 valence electrons. The van der Waals surface area contributed by atoms with Crippen LogP contribution in [0.5, 0.6) is 0 Å². The van der Waals surface area contributed by atoms with Crippen molar-refractivity contribution in [3.8, 4) is 11.1 Å². The molecule has 0 aromatic heterocycles. The van der Waals surface area contributed by atoms with Crippen molar-refractivity contribution in [2.24, 2.45) is 0 Å². The third-order valence-electron chi connectivity index (χ3n) is 2.33. The number of aliphatic hydroxyl groups excluding tert-OH is 1. The Morgan fingerprint density at radius 2 is 1.67 bits per heavy atom. The predicted molar refractivity (Wildman–Crippen MR) is 57.8 cm³/mol. The summed E-state index contributed by atoms with van der Waals surface area (Å²) in [5.74, 6) is -0.298. The van der Waals surface area contributed by atoms with E-state index in [2.05, 4.69) is 0 Å². The molecule has 0 saturated carbocycles. The lowest BCUT2D eigenvalue weighted by Crippen LogP contribution is -1.92. The SMILES string of the molecule is OCc1cccc(F)c1-c1ccccc1. The number of rotatable bonds is 2. The molecule has 0 aliphatic rings. The number of benzene rings is 2. The van der Waals surface area contributed by atoms with Crippen molar-refractivity contribution in [3.63, 3.8) is 0 Å². The van der Waals surface area contributed by atoms with Crippen LogP contribution < -0.4 is 0 Å². The highest BCUT2D eigenvalue weighted by atomic mass is 19.1. The quantitative estimate of drug-likeness (QED) is 0.793. The maximum Gasteiger partial charge on any atom is 0.131 e. The second-order valence-electron chi connectivity index (χ2n) is 3.30. The van der Waals surface area contributed by atoms with Crippen molar-refractivity contribution in [2.45, 2.75) is 6.61 Å². The Morgan fingerprint density at radius 1 is 0.933 bits per heavy atom. The van der Waals surface area contributed by atoms with E-state index >= 15 is 0 Å². The maximum atomic E-state index is 13.6. The van der Waals surface area contributed by atoms with Crippen LogP contribution in [0, 0.1) is 5.82 Å². The molecular formula is C13H11FO. The fourth-order valence-electron chi connectivity index (χ4n) is 1.63. The molecule has 2 rings (SSSR count). The van der Waals surface area contributed by atoms with Gasteiger partial charge in [-0.25, -0.2) is 4.39 Å². The van der Waals surface area contributed by atoms with Gasteiger partial charge in [-0.15, -0.1) is 0 Å². The molecule has 0 atom stereocenters. The molecule has 2 heteroatoms. The fourth-order valence-corrected chi connectivity index (χ4v) is 1.63. The third-order valence-corrected chi connectivity index (χ3v) is 2.33. The lowest BCUT2D eigenvalue weighted by atomic mass is 9.99. The van der Waals surface area contributed by atoms with Gasteiger partial charge in [0, 0.05) is 5.56 Å². The second kappa shape index (κ2) is 4.24. The van der Waals surface area contributed by atoms with Crippen molar-refractivity contribution in [2.75, 3.05) is 0 Å². The number of aliphatic hydroxyl groups is 1. The van der Waals surface area contributed by atoms with Crippen LogP contribution >= 0.6 is 0 Å². The summed E-state index contributed by atoms with van der Waals surface area (Å²) in [5.41, 5.74) is 1.89. The molecule has 0 spiro atoms. The first-order valence-electron chi connectivity index (χ1n) is 4.76. The number of hydrogen-bond donors (Lipinski definition) is 1. The van der Waals surface area contributed by atoms with Gasteiger partial charge in [0.25, 0.3) is 0 Å². The molecule has 2 aromatic rings. The Hall–Kier alpha value is -1.67. The lowest BCUT2D eigenvalue weighted by molar-refractivity contribution is 0.282. The molecule has 1 nitrogen and oxygen atoms in total. The highest BCUT2D eigenvalue weighted by Gasteiger charge is 2.08. The average molecular weight is 202 g/mol. The molecule has 1 N–H and O–H groups in total. The van der Waals surface area contributed by atoms with E-state index in [0.29, 0.717) is 11.1 Å². The predicted octanol–water partition coefficient (Wildman–Crippen LogP) is 2.99. The van der Waals surface area contributed by atoms with E-state index in [1.807, 2.05) is 30.3 Å². The topological polar surface area (TPSA) is 20.2 Å². The van der Waals surface area contributed by atoms with Gasteiger partial charge in [0.15, 0.2) is 0 Å². The Morgan fingerprint density at radius 3 is 2.33 bits per heavy atom. The minimum atomic E-state index is -0.298. The standard InChI is InChI=1S/C13H11FO/c14-12-8-4-7-11(9-15)13(12)10-5-2-1-3-6-10/h1-8,15H,9H2. The molecular weight excluding hydrogens is 191 g/mol. The molecule has 0 heterocycles. The summed E-state index contributed by atoms with van der Waals surface area (Å²) in [4.78, 5) is 0. The average Bonchev–Trinajstić information content (AvgIpc) is 2.29. The highest BCUT2D eigenvalue weighted by Crippen LogP contribution is 2.26. The molecule has 0 amide bonds. The zero-order valence-corrected chi connectivity index (χ0v) is 8.15. The van der Waals surface area contributed by atoms with Gasteiger partial charge in [0.2, 0.25) is 0 Å². The summed E-state index contributed by atoms with van der Waals surface area (Å²) in [5, 5.41) is 9.14. The summed E-state index contributed by atoms with van der Waals surface area (Å²) in [7, 11) is 0. The largest absolute Gasteiger partial charge is 0.392 e. The number of hydrogen-bond acceptors (Lipinski definition) is 1. The van der Waals surface area contributed by atoms with E-state index in [0.717, 1.165) is 5.56 Å². The van der Waals surface area contributed by atoms with Gasteiger partial charge in [-0.3, -0.25) is 0 Å². The molecule has 0 fully saturated rings. The van der Waals surface area contributed by atoms with E-state index in [9.17, 15) is 4.39 Å². The summed E-state index contributed by atoms with van der Waals surface area (Å²) in [6.07, 6.45) is 0. The minimum absolute atomic E-state index is 0.151.